The molecule has 1 fully saturated rings. The molecule has 1 heterocycles. The van der Waals surface area contributed by atoms with E-state index >= 15 is 0 Å². The number of nitrogens with one attached hydrogen (secondary N) is 1. The average molecular weight is 432 g/mol. The number of halogens is 1. The minimum Gasteiger partial charge on any atom is -0.379 e. The maximum absolute atomic E-state index is 6.01. The van der Waals surface area contributed by atoms with E-state index in [9.17, 15) is 0 Å². The van der Waals surface area contributed by atoms with Crippen LogP contribution in [0, 0.1) is 5.92 Å². The molecule has 130 valence electrons. The summed E-state index contributed by atoms with van der Waals surface area (Å²) in [5, 5.41) is 3.14. The number of guanidine groups is 1. The number of nitrogens with zero attached hydrogens (tertiary/aromatic N) is 2. The van der Waals surface area contributed by atoms with Crippen LogP contribution in [0.1, 0.15) is 20.3 Å². The topological polar surface area (TPSA) is 62.9 Å². The van der Waals surface area contributed by atoms with Crippen molar-refractivity contribution in [3.63, 3.8) is 0 Å². The van der Waals surface area contributed by atoms with Crippen molar-refractivity contribution in [2.24, 2.45) is 16.6 Å². The summed E-state index contributed by atoms with van der Waals surface area (Å²) in [4.78, 5) is 7.02. The predicted octanol–water partition coefficient (Wildman–Crippen LogP) is 2.78. The first-order chi connectivity index (χ1) is 10.6. The van der Waals surface area contributed by atoms with E-state index < -0.39 is 0 Å². The average Bonchev–Trinajstić information content (AvgIpc) is 2.53. The van der Waals surface area contributed by atoms with E-state index in [-0.39, 0.29) is 24.0 Å². The van der Waals surface area contributed by atoms with Gasteiger partial charge in [-0.3, -0.25) is 9.89 Å². The molecule has 0 aromatic heterocycles. The van der Waals surface area contributed by atoms with Crippen LogP contribution in [-0.2, 0) is 4.74 Å². The van der Waals surface area contributed by atoms with Crippen molar-refractivity contribution in [1.82, 2.24) is 4.90 Å². The van der Waals surface area contributed by atoms with Crippen molar-refractivity contribution in [2.75, 3.05) is 38.2 Å². The number of aliphatic imine (C=N–C) groups is 1. The van der Waals surface area contributed by atoms with Crippen LogP contribution in [0.5, 0.6) is 0 Å². The third kappa shape index (κ3) is 7.50. The SMILES string of the molecule is CC(C)CC(CN=C(N)Nc1ccccc1)N1CCOCC1.I. The Morgan fingerprint density at radius 3 is 2.52 bits per heavy atom. The summed E-state index contributed by atoms with van der Waals surface area (Å²) in [7, 11) is 0. The van der Waals surface area contributed by atoms with Gasteiger partial charge in [0, 0.05) is 24.8 Å². The van der Waals surface area contributed by atoms with Gasteiger partial charge in [0.25, 0.3) is 0 Å². The van der Waals surface area contributed by atoms with Gasteiger partial charge < -0.3 is 15.8 Å². The number of hydrogen-bond acceptors (Lipinski definition) is 3. The van der Waals surface area contributed by atoms with Crippen molar-refractivity contribution in [2.45, 2.75) is 26.3 Å². The van der Waals surface area contributed by atoms with E-state index in [1.54, 1.807) is 0 Å². The molecule has 1 atom stereocenters. The number of rotatable bonds is 6. The number of ether oxygens (including phenoxy) is 1. The number of benzene rings is 1. The van der Waals surface area contributed by atoms with Crippen molar-refractivity contribution in [3.05, 3.63) is 30.3 Å². The van der Waals surface area contributed by atoms with Crippen molar-refractivity contribution >= 4 is 35.6 Å². The monoisotopic (exact) mass is 432 g/mol. The second kappa shape index (κ2) is 10.8. The summed E-state index contributed by atoms with van der Waals surface area (Å²) in [6, 6.07) is 10.3. The standard InChI is InChI=1S/C17H28N4O.HI/c1-14(2)12-16(21-8-10-22-11-9-21)13-19-17(18)20-15-6-4-3-5-7-15;/h3-7,14,16H,8-13H2,1-2H3,(H3,18,19,20);1H. The summed E-state index contributed by atoms with van der Waals surface area (Å²) >= 11 is 0. The Balaban J connectivity index is 0.00000264. The van der Waals surface area contributed by atoms with E-state index in [1.165, 1.54) is 0 Å². The minimum absolute atomic E-state index is 0. The van der Waals surface area contributed by atoms with E-state index in [4.69, 9.17) is 10.5 Å². The van der Waals surface area contributed by atoms with Crippen molar-refractivity contribution in [3.8, 4) is 0 Å². The molecule has 0 spiro atoms. The maximum Gasteiger partial charge on any atom is 0.193 e. The highest BCUT2D eigenvalue weighted by atomic mass is 127. The first kappa shape index (κ1) is 20.2. The van der Waals surface area contributed by atoms with Gasteiger partial charge in [0.15, 0.2) is 5.96 Å². The second-order valence-corrected chi connectivity index (χ2v) is 6.15. The molecule has 2 rings (SSSR count). The molecule has 1 aromatic rings. The lowest BCUT2D eigenvalue weighted by Gasteiger charge is -2.34. The summed E-state index contributed by atoms with van der Waals surface area (Å²) in [5.41, 5.74) is 6.98. The van der Waals surface area contributed by atoms with Crippen LogP contribution in [0.15, 0.2) is 35.3 Å². The van der Waals surface area contributed by atoms with E-state index in [2.05, 4.69) is 29.1 Å². The molecule has 1 aliphatic rings. The minimum atomic E-state index is 0. The molecule has 5 nitrogen and oxygen atoms in total. The van der Waals surface area contributed by atoms with E-state index in [0.717, 1.165) is 45.0 Å². The quantitative estimate of drug-likeness (QED) is 0.412. The number of morpholine rings is 1. The zero-order valence-corrected chi connectivity index (χ0v) is 16.4. The van der Waals surface area contributed by atoms with Crippen LogP contribution in [-0.4, -0.2) is 49.7 Å². The van der Waals surface area contributed by atoms with Gasteiger partial charge in [-0.15, -0.1) is 24.0 Å². The number of nitrogens with two attached hydrogens (primary N) is 1. The van der Waals surface area contributed by atoms with Gasteiger partial charge >= 0.3 is 0 Å². The highest BCUT2D eigenvalue weighted by Gasteiger charge is 2.21. The van der Waals surface area contributed by atoms with Crippen LogP contribution in [0.4, 0.5) is 5.69 Å². The van der Waals surface area contributed by atoms with Gasteiger partial charge in [-0.1, -0.05) is 32.0 Å². The van der Waals surface area contributed by atoms with Crippen LogP contribution in [0.3, 0.4) is 0 Å². The Morgan fingerprint density at radius 1 is 1.26 bits per heavy atom. The Labute approximate surface area is 156 Å². The van der Waals surface area contributed by atoms with E-state index in [1.807, 2.05) is 30.3 Å². The molecule has 0 radical (unpaired) electrons. The van der Waals surface area contributed by atoms with Crippen LogP contribution < -0.4 is 11.1 Å². The van der Waals surface area contributed by atoms with Gasteiger partial charge in [-0.25, -0.2) is 0 Å². The third-order valence-corrected chi connectivity index (χ3v) is 3.82. The molecule has 3 N–H and O–H groups in total. The fourth-order valence-electron chi connectivity index (χ4n) is 2.74. The molecule has 1 saturated heterocycles. The van der Waals surface area contributed by atoms with Gasteiger partial charge in [-0.05, 0) is 24.5 Å². The fraction of sp³-hybridized carbons (Fsp3) is 0.588. The normalized spacial score (nSPS) is 17.6. The third-order valence-electron chi connectivity index (χ3n) is 3.82. The van der Waals surface area contributed by atoms with Gasteiger partial charge in [0.05, 0.1) is 19.8 Å². The number of anilines is 1. The highest BCUT2D eigenvalue weighted by Crippen LogP contribution is 2.14. The lowest BCUT2D eigenvalue weighted by atomic mass is 10.0. The molecular formula is C17H29IN4O. The highest BCUT2D eigenvalue weighted by molar-refractivity contribution is 14.0. The maximum atomic E-state index is 6.01. The lowest BCUT2D eigenvalue weighted by Crippen LogP contribution is -2.45. The summed E-state index contributed by atoms with van der Waals surface area (Å²) in [6.45, 7) is 8.83. The first-order valence-corrected chi connectivity index (χ1v) is 8.09. The van der Waals surface area contributed by atoms with E-state index in [0.29, 0.717) is 17.9 Å². The number of para-hydroxylation sites is 1. The molecule has 0 aliphatic carbocycles. The summed E-state index contributed by atoms with van der Waals surface area (Å²) in [6.07, 6.45) is 1.13. The smallest absolute Gasteiger partial charge is 0.193 e. The Morgan fingerprint density at radius 2 is 1.91 bits per heavy atom. The molecule has 1 aliphatic heterocycles. The molecule has 1 unspecified atom stereocenters. The fourth-order valence-corrected chi connectivity index (χ4v) is 2.74. The zero-order valence-electron chi connectivity index (χ0n) is 14.1. The summed E-state index contributed by atoms with van der Waals surface area (Å²) in [5.74, 6) is 1.12. The Hall–Kier alpha value is -0.860. The number of hydrogen-bond donors (Lipinski definition) is 2. The molecule has 6 heteroatoms. The zero-order chi connectivity index (χ0) is 15.8. The van der Waals surface area contributed by atoms with Crippen molar-refractivity contribution < 1.29 is 4.74 Å². The van der Waals surface area contributed by atoms with Gasteiger partial charge in [-0.2, -0.15) is 0 Å². The molecule has 0 bridgehead atoms. The molecular weight excluding hydrogens is 403 g/mol. The molecule has 23 heavy (non-hydrogen) atoms. The largest absolute Gasteiger partial charge is 0.379 e. The van der Waals surface area contributed by atoms with Crippen LogP contribution in [0.2, 0.25) is 0 Å². The van der Waals surface area contributed by atoms with Gasteiger partial charge in [0.1, 0.15) is 0 Å². The molecule has 0 amide bonds. The van der Waals surface area contributed by atoms with Gasteiger partial charge in [0.2, 0.25) is 0 Å². The Bertz CT molecular complexity index is 461. The second-order valence-electron chi connectivity index (χ2n) is 6.15. The molecule has 1 aromatic carbocycles. The van der Waals surface area contributed by atoms with Crippen molar-refractivity contribution in [1.29, 1.82) is 0 Å². The predicted molar refractivity (Wildman–Crippen MR) is 108 cm³/mol. The Kier molecular flexibility index (Phi) is 9.50. The van der Waals surface area contributed by atoms with Crippen LogP contribution in [0.25, 0.3) is 0 Å². The van der Waals surface area contributed by atoms with Crippen LogP contribution >= 0.6 is 24.0 Å². The summed E-state index contributed by atoms with van der Waals surface area (Å²) < 4.78 is 5.44. The lowest BCUT2D eigenvalue weighted by molar-refractivity contribution is 0.0143. The molecule has 0 saturated carbocycles. The first-order valence-electron chi connectivity index (χ1n) is 8.09.